The molecular weight excluding hydrogens is 321 g/mol. The molecule has 124 valence electrons. The highest BCUT2D eigenvalue weighted by atomic mass is 19.4. The average molecular weight is 334 g/mol. The van der Waals surface area contributed by atoms with Gasteiger partial charge in [0.05, 0.1) is 5.56 Å². The predicted molar refractivity (Wildman–Crippen MR) is 81.5 cm³/mol. The van der Waals surface area contributed by atoms with Gasteiger partial charge in [-0.25, -0.2) is 0 Å². The Morgan fingerprint density at radius 3 is 2.42 bits per heavy atom. The van der Waals surface area contributed by atoms with Crippen LogP contribution in [0, 0.1) is 0 Å². The molecule has 0 spiro atoms. The molecule has 24 heavy (non-hydrogen) atoms. The number of rotatable bonds is 2. The van der Waals surface area contributed by atoms with Gasteiger partial charge < -0.3 is 10.6 Å². The molecule has 0 bridgehead atoms. The number of hydrogen-bond acceptors (Lipinski definition) is 2. The number of halogens is 3. The summed E-state index contributed by atoms with van der Waals surface area (Å²) in [6.07, 6.45) is -4.10. The number of nitrogens with one attached hydrogen (secondary N) is 2. The highest BCUT2D eigenvalue weighted by molar-refractivity contribution is 6.03. The van der Waals surface area contributed by atoms with E-state index in [4.69, 9.17) is 0 Å². The summed E-state index contributed by atoms with van der Waals surface area (Å²) in [5, 5.41) is 5.12. The summed E-state index contributed by atoms with van der Waals surface area (Å²) in [7, 11) is 0. The van der Waals surface area contributed by atoms with Crippen molar-refractivity contribution in [3.63, 3.8) is 0 Å². The van der Waals surface area contributed by atoms with Crippen LogP contribution >= 0.6 is 0 Å². The zero-order valence-corrected chi connectivity index (χ0v) is 12.4. The van der Waals surface area contributed by atoms with Crippen molar-refractivity contribution in [3.05, 3.63) is 65.2 Å². The third kappa shape index (κ3) is 3.24. The fraction of sp³-hybridized carbons (Fsp3) is 0.176. The summed E-state index contributed by atoms with van der Waals surface area (Å²) in [5.74, 6) is -0.818. The van der Waals surface area contributed by atoms with E-state index in [0.29, 0.717) is 12.0 Å². The molecule has 1 atom stereocenters. The lowest BCUT2D eigenvalue weighted by molar-refractivity contribution is -0.137. The Hall–Kier alpha value is -2.83. The van der Waals surface area contributed by atoms with Crippen LogP contribution in [0.3, 0.4) is 0 Å². The lowest BCUT2D eigenvalue weighted by atomic mass is 9.95. The van der Waals surface area contributed by atoms with E-state index >= 15 is 0 Å². The molecule has 7 heteroatoms. The zero-order valence-electron chi connectivity index (χ0n) is 12.4. The van der Waals surface area contributed by atoms with Crippen molar-refractivity contribution >= 4 is 17.5 Å². The topological polar surface area (TPSA) is 58.2 Å². The van der Waals surface area contributed by atoms with E-state index in [2.05, 4.69) is 10.6 Å². The number of fused-ring (bicyclic) bond motifs is 1. The van der Waals surface area contributed by atoms with Gasteiger partial charge in [-0.2, -0.15) is 13.2 Å². The molecule has 0 radical (unpaired) electrons. The van der Waals surface area contributed by atoms with Crippen LogP contribution in [0.2, 0.25) is 0 Å². The molecule has 1 aliphatic heterocycles. The van der Waals surface area contributed by atoms with Gasteiger partial charge in [-0.05, 0) is 35.9 Å². The van der Waals surface area contributed by atoms with Crippen LogP contribution in [0.4, 0.5) is 18.9 Å². The van der Waals surface area contributed by atoms with Gasteiger partial charge in [0.15, 0.2) is 0 Å². The zero-order chi connectivity index (χ0) is 17.3. The van der Waals surface area contributed by atoms with Crippen LogP contribution in [-0.2, 0) is 17.4 Å². The van der Waals surface area contributed by atoms with Gasteiger partial charge in [0.1, 0.15) is 6.04 Å². The first-order valence-electron chi connectivity index (χ1n) is 7.21. The quantitative estimate of drug-likeness (QED) is 0.887. The molecule has 2 amide bonds. The van der Waals surface area contributed by atoms with Crippen molar-refractivity contribution in [1.82, 2.24) is 5.32 Å². The second-order valence-corrected chi connectivity index (χ2v) is 5.45. The minimum absolute atomic E-state index is 0.237. The largest absolute Gasteiger partial charge is 0.416 e. The van der Waals surface area contributed by atoms with E-state index in [1.165, 1.54) is 12.1 Å². The Morgan fingerprint density at radius 1 is 1.08 bits per heavy atom. The molecule has 4 nitrogen and oxygen atoms in total. The van der Waals surface area contributed by atoms with E-state index in [1.54, 1.807) is 24.3 Å². The number of carbonyl (C=O) groups is 2. The van der Waals surface area contributed by atoms with Crippen molar-refractivity contribution < 1.29 is 22.8 Å². The fourth-order valence-electron chi connectivity index (χ4n) is 2.56. The van der Waals surface area contributed by atoms with Crippen molar-refractivity contribution in [3.8, 4) is 0 Å². The van der Waals surface area contributed by atoms with Crippen LogP contribution in [-0.4, -0.2) is 17.9 Å². The number of amides is 2. The van der Waals surface area contributed by atoms with E-state index in [0.717, 1.165) is 17.7 Å². The van der Waals surface area contributed by atoms with Crippen LogP contribution in [0.5, 0.6) is 0 Å². The normalized spacial score (nSPS) is 17.0. The summed E-state index contributed by atoms with van der Waals surface area (Å²) in [5.41, 5.74) is 0.728. The first kappa shape index (κ1) is 16.0. The molecule has 0 saturated carbocycles. The van der Waals surface area contributed by atoms with Gasteiger partial charge >= 0.3 is 6.18 Å². The van der Waals surface area contributed by atoms with Gasteiger partial charge in [0.25, 0.3) is 5.91 Å². The fourth-order valence-corrected chi connectivity index (χ4v) is 2.56. The molecule has 1 unspecified atom stereocenters. The highest BCUT2D eigenvalue weighted by Crippen LogP contribution is 2.29. The number of carbonyl (C=O) groups excluding carboxylic acids is 2. The summed E-state index contributed by atoms with van der Waals surface area (Å²) >= 11 is 0. The molecule has 0 aliphatic carbocycles. The standard InChI is InChI=1S/C17H13F3N2O2/c18-17(19,20)11-5-7-12(8-6-11)21-16(24)14-9-10-3-1-2-4-13(10)15(23)22-14/h1-8,14H,9H2,(H,21,24)(H,22,23). The van der Waals surface area contributed by atoms with Gasteiger partial charge in [-0.1, -0.05) is 18.2 Å². The summed E-state index contributed by atoms with van der Waals surface area (Å²) in [6.45, 7) is 0. The van der Waals surface area contributed by atoms with Crippen LogP contribution < -0.4 is 10.6 Å². The first-order valence-corrected chi connectivity index (χ1v) is 7.21. The lowest BCUT2D eigenvalue weighted by Crippen LogP contribution is -2.48. The molecule has 3 rings (SSSR count). The van der Waals surface area contributed by atoms with E-state index in [1.807, 2.05) is 0 Å². The Labute approximate surface area is 135 Å². The maximum absolute atomic E-state index is 12.5. The predicted octanol–water partition coefficient (Wildman–Crippen LogP) is 3.00. The van der Waals surface area contributed by atoms with Gasteiger partial charge in [-0.3, -0.25) is 9.59 Å². The average Bonchev–Trinajstić information content (AvgIpc) is 2.54. The third-order valence-electron chi connectivity index (χ3n) is 3.79. The molecular formula is C17H13F3N2O2. The summed E-state index contributed by atoms with van der Waals surface area (Å²) in [6, 6.07) is 10.3. The van der Waals surface area contributed by atoms with Crippen LogP contribution in [0.25, 0.3) is 0 Å². The summed E-state index contributed by atoms with van der Waals surface area (Å²) < 4.78 is 37.6. The number of alkyl halides is 3. The van der Waals surface area contributed by atoms with Crippen LogP contribution in [0.1, 0.15) is 21.5 Å². The van der Waals surface area contributed by atoms with E-state index < -0.39 is 23.7 Å². The van der Waals surface area contributed by atoms with Crippen molar-refractivity contribution in [1.29, 1.82) is 0 Å². The van der Waals surface area contributed by atoms with Gasteiger partial charge in [-0.15, -0.1) is 0 Å². The lowest BCUT2D eigenvalue weighted by Gasteiger charge is -2.24. The second-order valence-electron chi connectivity index (χ2n) is 5.45. The molecule has 1 aliphatic rings. The molecule has 1 heterocycles. The molecule has 0 saturated heterocycles. The van der Waals surface area contributed by atoms with Gasteiger partial charge in [0.2, 0.25) is 5.91 Å². The number of hydrogen-bond donors (Lipinski definition) is 2. The smallest absolute Gasteiger partial charge is 0.340 e. The molecule has 0 fully saturated rings. The Kier molecular flexibility index (Phi) is 4.01. The minimum atomic E-state index is -4.43. The maximum atomic E-state index is 12.5. The van der Waals surface area contributed by atoms with Gasteiger partial charge in [0, 0.05) is 17.7 Å². The van der Waals surface area contributed by atoms with Crippen molar-refractivity contribution in [2.45, 2.75) is 18.6 Å². The minimum Gasteiger partial charge on any atom is -0.340 e. The monoisotopic (exact) mass is 334 g/mol. The van der Waals surface area contributed by atoms with Crippen molar-refractivity contribution in [2.75, 3.05) is 5.32 Å². The SMILES string of the molecule is O=C1NC(C(=O)Nc2ccc(C(F)(F)F)cc2)Cc2ccccc21. The Balaban J connectivity index is 1.71. The molecule has 0 aromatic heterocycles. The number of benzene rings is 2. The Morgan fingerprint density at radius 2 is 1.75 bits per heavy atom. The maximum Gasteiger partial charge on any atom is 0.416 e. The third-order valence-corrected chi connectivity index (χ3v) is 3.79. The summed E-state index contributed by atoms with van der Waals surface area (Å²) in [4.78, 5) is 24.2. The molecule has 2 aromatic rings. The van der Waals surface area contributed by atoms with Crippen LogP contribution in [0.15, 0.2) is 48.5 Å². The first-order chi connectivity index (χ1) is 11.3. The Bertz CT molecular complexity index is 785. The molecule has 2 aromatic carbocycles. The highest BCUT2D eigenvalue weighted by Gasteiger charge is 2.31. The molecule has 2 N–H and O–H groups in total. The van der Waals surface area contributed by atoms with E-state index in [9.17, 15) is 22.8 Å². The number of anilines is 1. The second kappa shape index (κ2) is 5.99. The van der Waals surface area contributed by atoms with E-state index in [-0.39, 0.29) is 11.6 Å². The van der Waals surface area contributed by atoms with Crippen molar-refractivity contribution in [2.24, 2.45) is 0 Å².